The fraction of sp³-hybridized carbons (Fsp3) is 0.464. The van der Waals surface area contributed by atoms with Crippen LogP contribution in [0.2, 0.25) is 0 Å². The lowest BCUT2D eigenvalue weighted by Gasteiger charge is -2.35. The Hall–Kier alpha value is -3.36. The summed E-state index contributed by atoms with van der Waals surface area (Å²) in [6.07, 6.45) is 6.10. The summed E-state index contributed by atoms with van der Waals surface area (Å²) in [6.45, 7) is 7.67. The topological polar surface area (TPSA) is 109 Å². The van der Waals surface area contributed by atoms with Gasteiger partial charge in [0.2, 0.25) is 0 Å². The van der Waals surface area contributed by atoms with Gasteiger partial charge in [0, 0.05) is 25.2 Å². The van der Waals surface area contributed by atoms with Crippen molar-refractivity contribution in [3.8, 4) is 6.07 Å². The van der Waals surface area contributed by atoms with Gasteiger partial charge in [0.05, 0.1) is 30.2 Å². The number of thiocarbonyl (C=S) groups is 1. The van der Waals surface area contributed by atoms with Gasteiger partial charge in [0.1, 0.15) is 27.5 Å². The smallest absolute Gasteiger partial charge is 0.309 e. The van der Waals surface area contributed by atoms with Gasteiger partial charge in [0.25, 0.3) is 11.5 Å². The van der Waals surface area contributed by atoms with Gasteiger partial charge in [0.15, 0.2) is 0 Å². The molecule has 2 aliphatic rings. The van der Waals surface area contributed by atoms with E-state index in [4.69, 9.17) is 21.4 Å². The van der Waals surface area contributed by atoms with Crippen molar-refractivity contribution in [1.29, 1.82) is 5.26 Å². The molecule has 0 atom stereocenters. The maximum atomic E-state index is 13.5. The number of piperidine rings is 1. The first kappa shape index (κ1) is 28.6. The molecule has 0 aromatic carbocycles. The van der Waals surface area contributed by atoms with Crippen molar-refractivity contribution in [2.45, 2.75) is 59.5 Å². The van der Waals surface area contributed by atoms with E-state index >= 15 is 0 Å². The number of amides is 1. The largest absolute Gasteiger partial charge is 0.467 e. The second kappa shape index (κ2) is 12.7. The summed E-state index contributed by atoms with van der Waals surface area (Å²) in [6, 6.07) is 5.63. The van der Waals surface area contributed by atoms with E-state index in [0.29, 0.717) is 71.0 Å². The SMILES string of the molecule is CCCCn1c(N2CCC(C(=O)OCC)CC2)c(/C=C2/SC(=S)N(Cc3ccco3)C2=O)c(C)c(C#N)c1=O. The quantitative estimate of drug-likeness (QED) is 0.243. The van der Waals surface area contributed by atoms with E-state index in [-0.39, 0.29) is 35.5 Å². The zero-order chi connectivity index (χ0) is 28.1. The molecule has 2 fully saturated rings. The monoisotopic (exact) mass is 568 g/mol. The first-order chi connectivity index (χ1) is 18.8. The van der Waals surface area contributed by atoms with Gasteiger partial charge in [-0.15, -0.1) is 0 Å². The molecule has 39 heavy (non-hydrogen) atoms. The lowest BCUT2D eigenvalue weighted by atomic mass is 9.95. The molecular weight excluding hydrogens is 536 g/mol. The zero-order valence-corrected chi connectivity index (χ0v) is 24.0. The van der Waals surface area contributed by atoms with Gasteiger partial charge < -0.3 is 14.1 Å². The van der Waals surface area contributed by atoms with Crippen molar-refractivity contribution in [3.63, 3.8) is 0 Å². The summed E-state index contributed by atoms with van der Waals surface area (Å²) in [4.78, 5) is 43.2. The summed E-state index contributed by atoms with van der Waals surface area (Å²) in [5, 5.41) is 9.90. The molecule has 0 radical (unpaired) electrons. The van der Waals surface area contributed by atoms with Gasteiger partial charge in [-0.25, -0.2) is 0 Å². The van der Waals surface area contributed by atoms with Crippen LogP contribution in [0, 0.1) is 24.2 Å². The summed E-state index contributed by atoms with van der Waals surface area (Å²) in [7, 11) is 0. The molecule has 2 aromatic heterocycles. The number of aromatic nitrogens is 1. The molecule has 2 aromatic rings. The first-order valence-electron chi connectivity index (χ1n) is 13.2. The lowest BCUT2D eigenvalue weighted by molar-refractivity contribution is -0.148. The highest BCUT2D eigenvalue weighted by molar-refractivity contribution is 8.26. The van der Waals surface area contributed by atoms with Crippen molar-refractivity contribution in [2.24, 2.45) is 5.92 Å². The number of carbonyl (C=O) groups is 2. The number of hydrogen-bond acceptors (Lipinski definition) is 9. The Morgan fingerprint density at radius 1 is 1.31 bits per heavy atom. The average Bonchev–Trinajstić information content (AvgIpc) is 3.54. The van der Waals surface area contributed by atoms with E-state index in [2.05, 4.69) is 11.0 Å². The molecule has 0 saturated carbocycles. The van der Waals surface area contributed by atoms with E-state index in [1.165, 1.54) is 16.7 Å². The van der Waals surface area contributed by atoms with E-state index in [1.54, 1.807) is 42.9 Å². The molecular formula is C28H32N4O5S2. The molecule has 2 saturated heterocycles. The number of unbranched alkanes of at least 4 members (excludes halogenated alkanes) is 1. The zero-order valence-electron chi connectivity index (χ0n) is 22.4. The summed E-state index contributed by atoms with van der Waals surface area (Å²) >= 11 is 6.70. The third kappa shape index (κ3) is 5.97. The minimum Gasteiger partial charge on any atom is -0.467 e. The van der Waals surface area contributed by atoms with E-state index in [0.717, 1.165) is 12.8 Å². The van der Waals surface area contributed by atoms with Crippen molar-refractivity contribution in [1.82, 2.24) is 9.47 Å². The number of furan rings is 1. The van der Waals surface area contributed by atoms with Crippen LogP contribution >= 0.6 is 24.0 Å². The Bertz CT molecular complexity index is 1380. The van der Waals surface area contributed by atoms with Crippen molar-refractivity contribution < 1.29 is 18.7 Å². The van der Waals surface area contributed by atoms with Gasteiger partial charge in [-0.05, 0) is 56.9 Å². The standard InChI is InChI=1S/C28H32N4O5S2/c1-4-6-11-31-24(30-12-9-19(10-13-30)27(35)36-5-2)21(18(3)22(16-29)25(31)33)15-23-26(34)32(28(38)39-23)17-20-8-7-14-37-20/h7-8,14-15,19H,4-6,9-13,17H2,1-3H3/b23-15+. The molecule has 0 bridgehead atoms. The Morgan fingerprint density at radius 2 is 2.05 bits per heavy atom. The fourth-order valence-corrected chi connectivity index (χ4v) is 6.16. The van der Waals surface area contributed by atoms with Crippen LogP contribution in [-0.4, -0.2) is 45.4 Å². The van der Waals surface area contributed by atoms with Crippen LogP contribution in [0.15, 0.2) is 32.5 Å². The highest BCUT2D eigenvalue weighted by Crippen LogP contribution is 2.37. The predicted molar refractivity (Wildman–Crippen MR) is 154 cm³/mol. The maximum Gasteiger partial charge on any atom is 0.309 e. The Labute approximate surface area is 237 Å². The van der Waals surface area contributed by atoms with Crippen LogP contribution in [0.1, 0.15) is 62.0 Å². The van der Waals surface area contributed by atoms with Crippen LogP contribution in [0.4, 0.5) is 5.82 Å². The van der Waals surface area contributed by atoms with Crippen LogP contribution < -0.4 is 10.5 Å². The van der Waals surface area contributed by atoms with E-state index in [1.807, 2.05) is 6.92 Å². The molecule has 4 heterocycles. The highest BCUT2D eigenvalue weighted by Gasteiger charge is 2.35. The van der Waals surface area contributed by atoms with E-state index < -0.39 is 0 Å². The number of anilines is 1. The molecule has 1 amide bonds. The third-order valence-corrected chi connectivity index (χ3v) is 8.42. The molecule has 0 spiro atoms. The Morgan fingerprint density at radius 3 is 2.67 bits per heavy atom. The highest BCUT2D eigenvalue weighted by atomic mass is 32.2. The van der Waals surface area contributed by atoms with Gasteiger partial charge in [-0.1, -0.05) is 37.3 Å². The third-order valence-electron chi connectivity index (χ3n) is 7.04. The number of nitrogens with zero attached hydrogens (tertiary/aromatic N) is 4. The normalized spacial score (nSPS) is 17.2. The molecule has 0 aliphatic carbocycles. The minimum absolute atomic E-state index is 0.0635. The number of esters is 1. The second-order valence-corrected chi connectivity index (χ2v) is 11.2. The van der Waals surface area contributed by atoms with Crippen molar-refractivity contribution in [3.05, 3.63) is 56.1 Å². The van der Waals surface area contributed by atoms with Crippen molar-refractivity contribution in [2.75, 3.05) is 24.6 Å². The molecule has 0 unspecified atom stereocenters. The average molecular weight is 569 g/mol. The number of pyridine rings is 1. The molecule has 2 aliphatic heterocycles. The van der Waals surface area contributed by atoms with Crippen molar-refractivity contribution >= 4 is 52.1 Å². The lowest BCUT2D eigenvalue weighted by Crippen LogP contribution is -2.41. The van der Waals surface area contributed by atoms with Crippen LogP contribution in [0.5, 0.6) is 0 Å². The number of hydrogen-bond donors (Lipinski definition) is 0. The van der Waals surface area contributed by atoms with Gasteiger partial charge in [-0.3, -0.25) is 23.9 Å². The number of carbonyl (C=O) groups excluding carboxylic acids is 2. The molecule has 11 heteroatoms. The Kier molecular flexibility index (Phi) is 9.30. The maximum absolute atomic E-state index is 13.5. The van der Waals surface area contributed by atoms with Crippen LogP contribution in [0.25, 0.3) is 6.08 Å². The summed E-state index contributed by atoms with van der Waals surface area (Å²) in [5.41, 5.74) is 0.895. The first-order valence-corrected chi connectivity index (χ1v) is 14.4. The molecule has 9 nitrogen and oxygen atoms in total. The molecule has 206 valence electrons. The number of rotatable bonds is 9. The van der Waals surface area contributed by atoms with E-state index in [9.17, 15) is 19.6 Å². The number of ether oxygens (including phenoxy) is 1. The van der Waals surface area contributed by atoms with Gasteiger partial charge in [-0.2, -0.15) is 5.26 Å². The van der Waals surface area contributed by atoms with Gasteiger partial charge >= 0.3 is 5.97 Å². The van der Waals surface area contributed by atoms with Crippen LogP contribution in [-0.2, 0) is 27.4 Å². The molecule has 0 N–H and O–H groups in total. The fourth-order valence-electron chi connectivity index (χ4n) is 4.92. The molecule has 4 rings (SSSR count). The van der Waals surface area contributed by atoms with Crippen LogP contribution in [0.3, 0.4) is 0 Å². The minimum atomic E-state index is -0.339. The number of thioether (sulfide) groups is 1. The predicted octanol–water partition coefficient (Wildman–Crippen LogP) is 4.60. The Balaban J connectivity index is 1.77. The summed E-state index contributed by atoms with van der Waals surface area (Å²) < 4.78 is 12.7. The summed E-state index contributed by atoms with van der Waals surface area (Å²) in [5.74, 6) is 0.643. The number of nitriles is 1. The second-order valence-electron chi connectivity index (χ2n) is 9.52.